The van der Waals surface area contributed by atoms with Crippen molar-refractivity contribution in [2.45, 2.75) is 20.0 Å². The maximum atomic E-state index is 13.1. The van der Waals surface area contributed by atoms with E-state index in [2.05, 4.69) is 20.9 Å². The van der Waals surface area contributed by atoms with Gasteiger partial charge in [0.05, 0.1) is 22.0 Å². The molecule has 5 nitrogen and oxygen atoms in total. The summed E-state index contributed by atoms with van der Waals surface area (Å²) in [4.78, 5) is 34.0. The number of carbonyl (C=O) groups is 1. The second kappa shape index (κ2) is 8.61. The molecule has 3 aromatic heterocycles. The average Bonchev–Trinajstić information content (AvgIpc) is 3.35. The summed E-state index contributed by atoms with van der Waals surface area (Å²) in [5.41, 5.74) is 1.65. The molecule has 148 valence electrons. The molecule has 0 aliphatic rings. The molecule has 0 atom stereocenters. The van der Waals surface area contributed by atoms with Crippen molar-refractivity contribution in [3.05, 3.63) is 73.2 Å². The Morgan fingerprint density at radius 1 is 1.21 bits per heavy atom. The molecule has 0 radical (unpaired) electrons. The van der Waals surface area contributed by atoms with Crippen LogP contribution in [0.1, 0.15) is 11.8 Å². The van der Waals surface area contributed by atoms with Gasteiger partial charge in [-0.1, -0.05) is 30.3 Å². The predicted molar refractivity (Wildman–Crippen MR) is 122 cm³/mol. The number of hydrogen-bond acceptors (Lipinski definition) is 5. The molecule has 0 aliphatic heterocycles. The summed E-state index contributed by atoms with van der Waals surface area (Å²) in [5.74, 6) is -0.100. The zero-order chi connectivity index (χ0) is 20.4. The third-order valence-corrected chi connectivity index (χ3v) is 7.16. The largest absolute Gasteiger partial charge is 0.336 e. The Hall–Kier alpha value is -2.29. The fraction of sp³-hybridized carbons (Fsp3) is 0.190. The highest BCUT2D eigenvalue weighted by atomic mass is 79.9. The minimum atomic E-state index is -0.182. The molecular formula is C21H18BrN3O2S2. The number of fused-ring (bicyclic) bond motifs is 1. The molecule has 1 amide bonds. The maximum Gasteiger partial charge on any atom is 0.263 e. The summed E-state index contributed by atoms with van der Waals surface area (Å²) in [7, 11) is 0. The van der Waals surface area contributed by atoms with E-state index in [1.54, 1.807) is 16.2 Å². The van der Waals surface area contributed by atoms with Gasteiger partial charge in [-0.3, -0.25) is 14.2 Å². The molecule has 4 rings (SSSR count). The van der Waals surface area contributed by atoms with Gasteiger partial charge in [0, 0.05) is 22.4 Å². The first-order valence-corrected chi connectivity index (χ1v) is 11.6. The van der Waals surface area contributed by atoms with Gasteiger partial charge in [-0.05, 0) is 40.5 Å². The number of nitrogens with zero attached hydrogens (tertiary/aromatic N) is 3. The number of benzene rings is 1. The van der Waals surface area contributed by atoms with Gasteiger partial charge in [0.25, 0.3) is 5.56 Å². The molecule has 29 heavy (non-hydrogen) atoms. The number of hydrogen-bond donors (Lipinski definition) is 0. The molecule has 0 unspecified atom stereocenters. The van der Waals surface area contributed by atoms with Crippen molar-refractivity contribution in [1.82, 2.24) is 14.5 Å². The number of thiophene rings is 2. The molecule has 0 N–H and O–H groups in total. The fourth-order valence-electron chi connectivity index (χ4n) is 3.16. The van der Waals surface area contributed by atoms with E-state index in [9.17, 15) is 9.59 Å². The Kier molecular flexibility index (Phi) is 5.94. The van der Waals surface area contributed by atoms with Crippen LogP contribution in [0.2, 0.25) is 0 Å². The molecule has 0 fully saturated rings. The molecule has 3 heterocycles. The summed E-state index contributed by atoms with van der Waals surface area (Å²) < 4.78 is 2.45. The van der Waals surface area contributed by atoms with Crippen LogP contribution in [-0.2, 0) is 17.9 Å². The zero-order valence-corrected chi connectivity index (χ0v) is 18.9. The first-order valence-electron chi connectivity index (χ1n) is 9.11. The van der Waals surface area contributed by atoms with Crippen LogP contribution < -0.4 is 5.56 Å². The van der Waals surface area contributed by atoms with Crippen LogP contribution in [0.25, 0.3) is 21.3 Å². The molecule has 4 aromatic rings. The van der Waals surface area contributed by atoms with Crippen molar-refractivity contribution >= 4 is 54.7 Å². The summed E-state index contributed by atoms with van der Waals surface area (Å²) >= 11 is 6.50. The van der Waals surface area contributed by atoms with E-state index in [0.29, 0.717) is 23.3 Å². The van der Waals surface area contributed by atoms with Gasteiger partial charge >= 0.3 is 0 Å². The highest BCUT2D eigenvalue weighted by Crippen LogP contribution is 2.30. The second-order valence-electron chi connectivity index (χ2n) is 6.49. The molecule has 0 spiro atoms. The highest BCUT2D eigenvalue weighted by molar-refractivity contribution is 9.11. The Morgan fingerprint density at radius 3 is 2.69 bits per heavy atom. The number of rotatable bonds is 6. The first kappa shape index (κ1) is 20.0. The van der Waals surface area contributed by atoms with E-state index >= 15 is 0 Å². The molecule has 0 saturated carbocycles. The Labute approximate surface area is 184 Å². The molecule has 8 heteroatoms. The zero-order valence-electron chi connectivity index (χ0n) is 15.7. The van der Waals surface area contributed by atoms with Gasteiger partial charge in [-0.15, -0.1) is 22.7 Å². The van der Waals surface area contributed by atoms with Gasteiger partial charge in [0.1, 0.15) is 11.4 Å². The van der Waals surface area contributed by atoms with Gasteiger partial charge in [0.2, 0.25) is 5.91 Å². The quantitative estimate of drug-likeness (QED) is 0.384. The van der Waals surface area contributed by atoms with E-state index in [4.69, 9.17) is 0 Å². The average molecular weight is 488 g/mol. The number of likely N-dealkylation sites (N-methyl/N-ethyl adjacent to an activating group) is 1. The Balaban J connectivity index is 1.63. The minimum absolute atomic E-state index is 0.0216. The maximum absolute atomic E-state index is 13.1. The lowest BCUT2D eigenvalue weighted by molar-refractivity contribution is -0.132. The lowest BCUT2D eigenvalue weighted by Gasteiger charge is -2.20. The van der Waals surface area contributed by atoms with Crippen molar-refractivity contribution in [2.24, 2.45) is 0 Å². The lowest BCUT2D eigenvalue weighted by atomic mass is 10.1. The van der Waals surface area contributed by atoms with Crippen molar-refractivity contribution < 1.29 is 4.79 Å². The van der Waals surface area contributed by atoms with Crippen LogP contribution in [0, 0.1) is 0 Å². The van der Waals surface area contributed by atoms with E-state index in [1.165, 1.54) is 22.2 Å². The smallest absolute Gasteiger partial charge is 0.263 e. The Morgan fingerprint density at radius 2 is 2.00 bits per heavy atom. The third kappa shape index (κ3) is 4.19. The van der Waals surface area contributed by atoms with Crippen molar-refractivity contribution in [2.75, 3.05) is 6.54 Å². The lowest BCUT2D eigenvalue weighted by Crippen LogP contribution is -2.36. The van der Waals surface area contributed by atoms with Crippen LogP contribution in [0.5, 0.6) is 0 Å². The molecule has 0 bridgehead atoms. The number of carbonyl (C=O) groups excluding carboxylic acids is 1. The normalized spacial score (nSPS) is 11.1. The summed E-state index contributed by atoms with van der Waals surface area (Å²) in [6.45, 7) is 3.03. The van der Waals surface area contributed by atoms with Crippen molar-refractivity contribution in [3.63, 3.8) is 0 Å². The van der Waals surface area contributed by atoms with Gasteiger partial charge < -0.3 is 4.90 Å². The number of amides is 1. The monoisotopic (exact) mass is 487 g/mol. The number of halogens is 1. The van der Waals surface area contributed by atoms with Gasteiger partial charge in [-0.2, -0.15) is 0 Å². The van der Waals surface area contributed by atoms with Crippen molar-refractivity contribution in [3.8, 4) is 11.1 Å². The van der Waals surface area contributed by atoms with Crippen LogP contribution in [0.4, 0.5) is 0 Å². The van der Waals surface area contributed by atoms with Crippen LogP contribution in [-0.4, -0.2) is 26.9 Å². The molecule has 0 aliphatic carbocycles. The van der Waals surface area contributed by atoms with Gasteiger partial charge in [0.15, 0.2) is 0 Å². The van der Waals surface area contributed by atoms with Crippen molar-refractivity contribution in [1.29, 1.82) is 0 Å². The minimum Gasteiger partial charge on any atom is -0.336 e. The number of aromatic nitrogens is 2. The SMILES string of the molecule is CCN(Cc1ccc(Br)s1)C(=O)Cn1cnc2scc(-c3ccccc3)c2c1=O. The third-order valence-electron chi connectivity index (χ3n) is 4.66. The van der Waals surface area contributed by atoms with E-state index in [0.717, 1.165) is 19.8 Å². The van der Waals surface area contributed by atoms with Crippen LogP contribution >= 0.6 is 38.6 Å². The summed E-state index contributed by atoms with van der Waals surface area (Å²) in [6.07, 6.45) is 1.48. The van der Waals surface area contributed by atoms with Crippen LogP contribution in [0.15, 0.2) is 62.8 Å². The topological polar surface area (TPSA) is 55.2 Å². The first-order chi connectivity index (χ1) is 14.1. The van der Waals surface area contributed by atoms with Gasteiger partial charge in [-0.25, -0.2) is 4.98 Å². The van der Waals surface area contributed by atoms with E-state index in [1.807, 2.05) is 54.8 Å². The fourth-order valence-corrected chi connectivity index (χ4v) is 5.56. The predicted octanol–water partition coefficient (Wildman–Crippen LogP) is 5.00. The summed E-state index contributed by atoms with van der Waals surface area (Å²) in [6, 6.07) is 13.8. The molecule has 1 aromatic carbocycles. The highest BCUT2D eigenvalue weighted by Gasteiger charge is 2.18. The second-order valence-corrected chi connectivity index (χ2v) is 9.89. The van der Waals surface area contributed by atoms with Crippen LogP contribution in [0.3, 0.4) is 0 Å². The molecular weight excluding hydrogens is 470 g/mol. The molecule has 0 saturated heterocycles. The Bertz CT molecular complexity index is 1210. The van der Waals surface area contributed by atoms with E-state index < -0.39 is 0 Å². The standard InChI is InChI=1S/C21H18BrN3O2S2/c1-2-24(10-15-8-9-17(22)29-15)18(26)11-25-13-23-20-19(21(25)27)16(12-28-20)14-6-4-3-5-7-14/h3-9,12-13H,2,10-11H2,1H3. The summed E-state index contributed by atoms with van der Waals surface area (Å²) in [5, 5.41) is 2.52. The van der Waals surface area contributed by atoms with E-state index in [-0.39, 0.29) is 18.0 Å².